The second-order valence-electron chi connectivity index (χ2n) is 4.86. The van der Waals surface area contributed by atoms with Gasteiger partial charge in [0.1, 0.15) is 0 Å². The fraction of sp³-hybridized carbons (Fsp3) is 0.286. The Balaban J connectivity index is 1.66. The number of nitrogens with one attached hydrogen (secondary N) is 3. The van der Waals surface area contributed by atoms with Crippen molar-refractivity contribution in [3.8, 4) is 0 Å². The molecule has 0 saturated carbocycles. The lowest BCUT2D eigenvalue weighted by atomic mass is 10.2. The number of fused-ring (bicyclic) bond motifs is 1. The number of hydrogen-bond acceptors (Lipinski definition) is 4. The van der Waals surface area contributed by atoms with Crippen molar-refractivity contribution in [3.05, 3.63) is 39.4 Å². The summed E-state index contributed by atoms with van der Waals surface area (Å²) in [6.07, 6.45) is 0.905. The molecule has 1 aromatic heterocycles. The van der Waals surface area contributed by atoms with Gasteiger partial charge in [-0.3, -0.25) is 5.32 Å². The van der Waals surface area contributed by atoms with Gasteiger partial charge >= 0.3 is 6.03 Å². The molecule has 0 bridgehead atoms. The maximum atomic E-state index is 12.0. The molecule has 0 unspecified atom stereocenters. The van der Waals surface area contributed by atoms with Gasteiger partial charge in [-0.25, -0.2) is 9.78 Å². The number of anilines is 2. The van der Waals surface area contributed by atoms with Crippen molar-refractivity contribution in [1.29, 1.82) is 0 Å². The van der Waals surface area contributed by atoms with E-state index in [-0.39, 0.29) is 6.03 Å². The summed E-state index contributed by atoms with van der Waals surface area (Å²) in [5, 5.41) is 10.1. The average molecular weight is 323 g/mol. The predicted molar refractivity (Wildman–Crippen MR) is 86.4 cm³/mol. The molecule has 1 aromatic carbocycles. The monoisotopic (exact) mass is 322 g/mol. The Morgan fingerprint density at radius 2 is 2.29 bits per heavy atom. The molecule has 1 aliphatic rings. The van der Waals surface area contributed by atoms with Crippen molar-refractivity contribution >= 4 is 39.8 Å². The number of carbonyl (C=O) groups is 1. The van der Waals surface area contributed by atoms with E-state index in [0.717, 1.165) is 30.8 Å². The third-order valence-electron chi connectivity index (χ3n) is 3.25. The highest BCUT2D eigenvalue weighted by atomic mass is 35.5. The maximum Gasteiger partial charge on any atom is 0.325 e. The summed E-state index contributed by atoms with van der Waals surface area (Å²) < 4.78 is 0. The van der Waals surface area contributed by atoms with Gasteiger partial charge < -0.3 is 10.6 Å². The van der Waals surface area contributed by atoms with Crippen LogP contribution in [0.4, 0.5) is 15.6 Å². The summed E-state index contributed by atoms with van der Waals surface area (Å²) in [7, 11) is 0. The normalized spacial score (nSPS) is 13.6. The number of nitrogens with zero attached hydrogens (tertiary/aromatic N) is 1. The van der Waals surface area contributed by atoms with Gasteiger partial charge in [-0.15, -0.1) is 11.3 Å². The van der Waals surface area contributed by atoms with Gasteiger partial charge in [0.25, 0.3) is 0 Å². The highest BCUT2D eigenvalue weighted by Crippen LogP contribution is 2.25. The zero-order chi connectivity index (χ0) is 14.8. The highest BCUT2D eigenvalue weighted by Gasteiger charge is 2.16. The van der Waals surface area contributed by atoms with E-state index in [9.17, 15) is 4.79 Å². The van der Waals surface area contributed by atoms with Gasteiger partial charge in [-0.1, -0.05) is 17.7 Å². The van der Waals surface area contributed by atoms with Crippen LogP contribution in [0.3, 0.4) is 0 Å². The first kappa shape index (κ1) is 14.3. The van der Waals surface area contributed by atoms with Gasteiger partial charge in [0.15, 0.2) is 5.13 Å². The van der Waals surface area contributed by atoms with Gasteiger partial charge in [-0.2, -0.15) is 0 Å². The molecule has 2 amide bonds. The van der Waals surface area contributed by atoms with E-state index in [1.807, 2.05) is 19.1 Å². The van der Waals surface area contributed by atoms with Crippen molar-refractivity contribution < 1.29 is 4.79 Å². The van der Waals surface area contributed by atoms with E-state index in [0.29, 0.717) is 15.8 Å². The molecule has 3 rings (SSSR count). The van der Waals surface area contributed by atoms with E-state index in [1.165, 1.54) is 16.2 Å². The number of hydrogen-bond donors (Lipinski definition) is 3. The number of halogens is 1. The summed E-state index contributed by atoms with van der Waals surface area (Å²) in [5.41, 5.74) is 2.71. The summed E-state index contributed by atoms with van der Waals surface area (Å²) in [6.45, 7) is 3.68. The largest absolute Gasteiger partial charge is 0.325 e. The number of aromatic nitrogens is 1. The topological polar surface area (TPSA) is 66.0 Å². The standard InChI is InChI=1S/C14H15ClN4OS/c1-8-2-3-9(6-10(8)15)17-13(20)19-14-18-11-4-5-16-7-12(11)21-14/h2-3,6,16H,4-5,7H2,1H3,(H2,17,18,19,20). The van der Waals surface area contributed by atoms with Crippen LogP contribution in [0.5, 0.6) is 0 Å². The van der Waals surface area contributed by atoms with Gasteiger partial charge in [-0.05, 0) is 24.6 Å². The van der Waals surface area contributed by atoms with Crippen molar-refractivity contribution in [2.75, 3.05) is 17.2 Å². The molecular formula is C14H15ClN4OS. The lowest BCUT2D eigenvalue weighted by Gasteiger charge is -2.09. The maximum absolute atomic E-state index is 12.0. The van der Waals surface area contributed by atoms with Crippen LogP contribution >= 0.6 is 22.9 Å². The quantitative estimate of drug-likeness (QED) is 0.794. The van der Waals surface area contributed by atoms with Gasteiger partial charge in [0.2, 0.25) is 0 Å². The van der Waals surface area contributed by atoms with E-state index in [4.69, 9.17) is 11.6 Å². The minimum atomic E-state index is -0.311. The first-order valence-corrected chi connectivity index (χ1v) is 7.85. The lowest BCUT2D eigenvalue weighted by Crippen LogP contribution is -2.22. The Hall–Kier alpha value is -1.63. The molecular weight excluding hydrogens is 308 g/mol. The number of amides is 2. The molecule has 2 heterocycles. The van der Waals surface area contributed by atoms with E-state index in [2.05, 4.69) is 20.9 Å². The van der Waals surface area contributed by atoms with Crippen LogP contribution in [0.15, 0.2) is 18.2 Å². The average Bonchev–Trinajstić information content (AvgIpc) is 2.84. The lowest BCUT2D eigenvalue weighted by molar-refractivity contribution is 0.262. The van der Waals surface area contributed by atoms with Crippen LogP contribution in [0.2, 0.25) is 5.02 Å². The zero-order valence-electron chi connectivity index (χ0n) is 11.5. The molecule has 0 radical (unpaired) electrons. The molecule has 0 saturated heterocycles. The van der Waals surface area contributed by atoms with E-state index < -0.39 is 0 Å². The molecule has 0 fully saturated rings. The molecule has 3 N–H and O–H groups in total. The molecule has 0 aliphatic carbocycles. The van der Waals surface area contributed by atoms with E-state index >= 15 is 0 Å². The Labute approximate surface area is 131 Å². The van der Waals surface area contributed by atoms with Gasteiger partial charge in [0, 0.05) is 35.1 Å². The number of aryl methyl sites for hydroxylation is 1. The molecule has 110 valence electrons. The van der Waals surface area contributed by atoms with Crippen molar-refractivity contribution in [2.45, 2.75) is 19.9 Å². The number of carbonyl (C=O) groups excluding carboxylic acids is 1. The first-order chi connectivity index (χ1) is 10.1. The Morgan fingerprint density at radius 3 is 3.05 bits per heavy atom. The minimum absolute atomic E-state index is 0.311. The number of rotatable bonds is 2. The second-order valence-corrected chi connectivity index (χ2v) is 6.35. The van der Waals surface area contributed by atoms with Crippen molar-refractivity contribution in [3.63, 3.8) is 0 Å². The zero-order valence-corrected chi connectivity index (χ0v) is 13.1. The third kappa shape index (κ3) is 3.34. The van der Waals surface area contributed by atoms with E-state index in [1.54, 1.807) is 6.07 Å². The number of benzene rings is 1. The predicted octanol–water partition coefficient (Wildman–Crippen LogP) is 3.39. The van der Waals surface area contributed by atoms with Crippen LogP contribution in [-0.4, -0.2) is 17.6 Å². The molecule has 0 spiro atoms. The summed E-state index contributed by atoms with van der Waals surface area (Å²) in [6, 6.07) is 5.10. The van der Waals surface area contributed by atoms with Crippen LogP contribution in [0.1, 0.15) is 16.1 Å². The summed E-state index contributed by atoms with van der Waals surface area (Å²) in [4.78, 5) is 17.6. The number of thiazole rings is 1. The highest BCUT2D eigenvalue weighted by molar-refractivity contribution is 7.15. The minimum Gasteiger partial charge on any atom is -0.311 e. The number of urea groups is 1. The Bertz CT molecular complexity index is 662. The third-order valence-corrected chi connectivity index (χ3v) is 4.67. The first-order valence-electron chi connectivity index (χ1n) is 6.65. The molecule has 2 aromatic rings. The van der Waals surface area contributed by atoms with Crippen molar-refractivity contribution in [2.24, 2.45) is 0 Å². The van der Waals surface area contributed by atoms with Crippen molar-refractivity contribution in [1.82, 2.24) is 10.3 Å². The molecule has 1 aliphatic heterocycles. The second kappa shape index (κ2) is 6.01. The van der Waals surface area contributed by atoms with Crippen LogP contribution < -0.4 is 16.0 Å². The Morgan fingerprint density at radius 1 is 1.43 bits per heavy atom. The van der Waals surface area contributed by atoms with Crippen LogP contribution in [0, 0.1) is 6.92 Å². The molecule has 0 atom stereocenters. The molecule has 21 heavy (non-hydrogen) atoms. The molecule has 7 heteroatoms. The summed E-state index contributed by atoms with van der Waals surface area (Å²) >= 11 is 7.55. The van der Waals surface area contributed by atoms with Crippen LogP contribution in [-0.2, 0) is 13.0 Å². The molecule has 5 nitrogen and oxygen atoms in total. The van der Waals surface area contributed by atoms with Crippen LogP contribution in [0.25, 0.3) is 0 Å². The summed E-state index contributed by atoms with van der Waals surface area (Å²) in [5.74, 6) is 0. The fourth-order valence-electron chi connectivity index (χ4n) is 2.11. The smallest absolute Gasteiger partial charge is 0.311 e. The van der Waals surface area contributed by atoms with Gasteiger partial charge in [0.05, 0.1) is 5.69 Å². The fourth-order valence-corrected chi connectivity index (χ4v) is 3.26. The SMILES string of the molecule is Cc1ccc(NC(=O)Nc2nc3c(s2)CNCC3)cc1Cl. The Kier molecular flexibility index (Phi) is 4.10.